The van der Waals surface area contributed by atoms with Crippen LogP contribution in [0.3, 0.4) is 0 Å². The van der Waals surface area contributed by atoms with E-state index in [4.69, 9.17) is 10.5 Å². The minimum absolute atomic E-state index is 0.0182. The van der Waals surface area contributed by atoms with Gasteiger partial charge in [-0.25, -0.2) is 0 Å². The SMILES string of the molecule is COc1cc(CSc2ccncc2N)ccc1OC(F)F. The summed E-state index contributed by atoms with van der Waals surface area (Å²) in [7, 11) is 1.41. The number of thioether (sulfide) groups is 1. The molecule has 2 N–H and O–H groups in total. The van der Waals surface area contributed by atoms with Crippen molar-refractivity contribution in [2.75, 3.05) is 12.8 Å². The number of aromatic nitrogens is 1. The molecule has 0 spiro atoms. The van der Waals surface area contributed by atoms with Crippen LogP contribution in [0.25, 0.3) is 0 Å². The smallest absolute Gasteiger partial charge is 0.387 e. The third-order valence-corrected chi connectivity index (χ3v) is 3.81. The number of alkyl halides is 2. The molecule has 1 heterocycles. The van der Waals surface area contributed by atoms with Gasteiger partial charge < -0.3 is 15.2 Å². The number of nitrogens with zero attached hydrogens (tertiary/aromatic N) is 1. The van der Waals surface area contributed by atoms with E-state index < -0.39 is 6.61 Å². The van der Waals surface area contributed by atoms with Gasteiger partial charge in [0.2, 0.25) is 0 Å². The van der Waals surface area contributed by atoms with Gasteiger partial charge in [-0.15, -0.1) is 11.8 Å². The summed E-state index contributed by atoms with van der Waals surface area (Å²) >= 11 is 1.53. The van der Waals surface area contributed by atoms with E-state index in [1.165, 1.54) is 24.9 Å². The molecule has 7 heteroatoms. The molecule has 21 heavy (non-hydrogen) atoms. The fraction of sp³-hybridized carbons (Fsp3) is 0.214. The largest absolute Gasteiger partial charge is 0.493 e. The lowest BCUT2D eigenvalue weighted by Crippen LogP contribution is -2.03. The van der Waals surface area contributed by atoms with Crippen molar-refractivity contribution in [2.45, 2.75) is 17.3 Å². The number of ether oxygens (including phenoxy) is 2. The molecule has 0 fully saturated rings. The minimum Gasteiger partial charge on any atom is -0.493 e. The van der Waals surface area contributed by atoms with Crippen LogP contribution in [0.4, 0.5) is 14.5 Å². The first kappa shape index (κ1) is 15.4. The van der Waals surface area contributed by atoms with Crippen LogP contribution in [0.15, 0.2) is 41.6 Å². The lowest BCUT2D eigenvalue weighted by molar-refractivity contribution is -0.0512. The van der Waals surface area contributed by atoms with Crippen LogP contribution in [-0.4, -0.2) is 18.7 Å². The quantitative estimate of drug-likeness (QED) is 0.826. The summed E-state index contributed by atoms with van der Waals surface area (Å²) in [5.74, 6) is 0.917. The highest BCUT2D eigenvalue weighted by Crippen LogP contribution is 2.33. The number of nitrogen functional groups attached to an aromatic ring is 1. The Morgan fingerprint density at radius 3 is 2.76 bits per heavy atom. The highest BCUT2D eigenvalue weighted by molar-refractivity contribution is 7.98. The zero-order valence-corrected chi connectivity index (χ0v) is 12.1. The third-order valence-electron chi connectivity index (χ3n) is 2.65. The fourth-order valence-corrected chi connectivity index (χ4v) is 2.56. The Morgan fingerprint density at radius 1 is 1.29 bits per heavy atom. The fourth-order valence-electron chi connectivity index (χ4n) is 1.68. The van der Waals surface area contributed by atoms with E-state index in [1.54, 1.807) is 24.5 Å². The van der Waals surface area contributed by atoms with Crippen molar-refractivity contribution in [1.82, 2.24) is 4.98 Å². The standard InChI is InChI=1S/C14H14F2N2O2S/c1-19-12-6-9(2-3-11(12)20-14(15)16)8-21-13-4-5-18-7-10(13)17/h2-7,14H,8,17H2,1H3. The zero-order valence-electron chi connectivity index (χ0n) is 11.3. The Kier molecular flexibility index (Phi) is 5.21. The molecule has 0 unspecified atom stereocenters. The average molecular weight is 312 g/mol. The molecule has 0 bridgehead atoms. The summed E-state index contributed by atoms with van der Waals surface area (Å²) in [5, 5.41) is 0. The number of pyridine rings is 1. The second kappa shape index (κ2) is 7.12. The lowest BCUT2D eigenvalue weighted by atomic mass is 10.2. The van der Waals surface area contributed by atoms with Crippen molar-refractivity contribution in [3.63, 3.8) is 0 Å². The van der Waals surface area contributed by atoms with Gasteiger partial charge in [0.25, 0.3) is 0 Å². The van der Waals surface area contributed by atoms with Crippen LogP contribution in [0, 0.1) is 0 Å². The molecule has 2 rings (SSSR count). The van der Waals surface area contributed by atoms with Crippen molar-refractivity contribution >= 4 is 17.4 Å². The molecule has 0 aliphatic heterocycles. The number of anilines is 1. The molecule has 0 aliphatic carbocycles. The van der Waals surface area contributed by atoms with Gasteiger partial charge in [-0.2, -0.15) is 8.78 Å². The number of hydrogen-bond acceptors (Lipinski definition) is 5. The number of halogens is 2. The van der Waals surface area contributed by atoms with Gasteiger partial charge in [0.15, 0.2) is 11.5 Å². The van der Waals surface area contributed by atoms with Crippen LogP contribution >= 0.6 is 11.8 Å². The molecule has 1 aromatic carbocycles. The first-order valence-electron chi connectivity index (χ1n) is 6.04. The van der Waals surface area contributed by atoms with E-state index in [0.29, 0.717) is 11.4 Å². The Hall–Kier alpha value is -2.02. The van der Waals surface area contributed by atoms with Crippen molar-refractivity contribution in [3.05, 3.63) is 42.2 Å². The van der Waals surface area contributed by atoms with Gasteiger partial charge in [0, 0.05) is 16.8 Å². The van der Waals surface area contributed by atoms with E-state index in [9.17, 15) is 8.78 Å². The van der Waals surface area contributed by atoms with Crippen LogP contribution in [0.1, 0.15) is 5.56 Å². The summed E-state index contributed by atoms with van der Waals surface area (Å²) in [6.07, 6.45) is 3.25. The Balaban J connectivity index is 2.09. The molecule has 0 amide bonds. The van der Waals surface area contributed by atoms with Gasteiger partial charge in [-0.3, -0.25) is 4.98 Å². The van der Waals surface area contributed by atoms with Gasteiger partial charge >= 0.3 is 6.61 Å². The average Bonchev–Trinajstić information content (AvgIpc) is 2.47. The number of benzene rings is 1. The van der Waals surface area contributed by atoms with Gasteiger partial charge in [-0.05, 0) is 23.8 Å². The second-order valence-corrected chi connectivity index (χ2v) is 5.08. The number of methoxy groups -OCH3 is 1. The Labute approximate surface area is 125 Å². The molecule has 0 saturated heterocycles. The highest BCUT2D eigenvalue weighted by atomic mass is 32.2. The van der Waals surface area contributed by atoms with E-state index in [0.717, 1.165) is 10.5 Å². The molecule has 2 aromatic rings. The predicted octanol–water partition coefficient (Wildman–Crippen LogP) is 3.57. The normalized spacial score (nSPS) is 10.7. The summed E-state index contributed by atoms with van der Waals surface area (Å²) in [4.78, 5) is 4.83. The Morgan fingerprint density at radius 2 is 2.10 bits per heavy atom. The van der Waals surface area contributed by atoms with Gasteiger partial charge in [-0.1, -0.05) is 6.07 Å². The summed E-state index contributed by atoms with van der Waals surface area (Å²) in [6.45, 7) is -2.88. The number of rotatable bonds is 6. The van der Waals surface area contributed by atoms with Crippen molar-refractivity contribution in [1.29, 1.82) is 0 Å². The maximum atomic E-state index is 12.2. The molecule has 0 aliphatic rings. The summed E-state index contributed by atoms with van der Waals surface area (Å²) in [5.41, 5.74) is 7.32. The number of nitrogens with two attached hydrogens (primary N) is 1. The van der Waals surface area contributed by atoms with E-state index in [1.807, 2.05) is 6.07 Å². The monoisotopic (exact) mass is 312 g/mol. The van der Waals surface area contributed by atoms with E-state index in [2.05, 4.69) is 9.72 Å². The van der Waals surface area contributed by atoms with Crippen molar-refractivity contribution < 1.29 is 18.3 Å². The third kappa shape index (κ3) is 4.22. The molecule has 4 nitrogen and oxygen atoms in total. The second-order valence-electron chi connectivity index (χ2n) is 4.07. The summed E-state index contributed by atoms with van der Waals surface area (Å²) < 4.78 is 33.9. The van der Waals surface area contributed by atoms with Crippen LogP contribution in [-0.2, 0) is 5.75 Å². The van der Waals surface area contributed by atoms with Crippen molar-refractivity contribution in [2.24, 2.45) is 0 Å². The molecule has 1 aromatic heterocycles. The van der Waals surface area contributed by atoms with Crippen LogP contribution in [0.5, 0.6) is 11.5 Å². The summed E-state index contributed by atoms with van der Waals surface area (Å²) in [6, 6.07) is 6.68. The van der Waals surface area contributed by atoms with E-state index >= 15 is 0 Å². The van der Waals surface area contributed by atoms with Gasteiger partial charge in [0.1, 0.15) is 0 Å². The molecular formula is C14H14F2N2O2S. The molecule has 112 valence electrons. The van der Waals surface area contributed by atoms with Gasteiger partial charge in [0.05, 0.1) is 19.0 Å². The zero-order chi connectivity index (χ0) is 15.2. The highest BCUT2D eigenvalue weighted by Gasteiger charge is 2.11. The van der Waals surface area contributed by atoms with Crippen LogP contribution in [0.2, 0.25) is 0 Å². The predicted molar refractivity (Wildman–Crippen MR) is 77.8 cm³/mol. The van der Waals surface area contributed by atoms with Crippen molar-refractivity contribution in [3.8, 4) is 11.5 Å². The topological polar surface area (TPSA) is 57.4 Å². The molecule has 0 radical (unpaired) electrons. The Bertz CT molecular complexity index is 611. The minimum atomic E-state index is -2.88. The molecule has 0 saturated carbocycles. The van der Waals surface area contributed by atoms with E-state index in [-0.39, 0.29) is 11.5 Å². The first-order chi connectivity index (χ1) is 10.1. The van der Waals surface area contributed by atoms with Crippen LogP contribution < -0.4 is 15.2 Å². The molecule has 0 atom stereocenters. The maximum Gasteiger partial charge on any atom is 0.387 e. The lowest BCUT2D eigenvalue weighted by Gasteiger charge is -2.11. The maximum absolute atomic E-state index is 12.2. The molecular weight excluding hydrogens is 298 g/mol. The number of hydrogen-bond donors (Lipinski definition) is 1. The first-order valence-corrected chi connectivity index (χ1v) is 7.02.